The molecule has 6 nitrogen and oxygen atoms in total. The molecule has 0 radical (unpaired) electrons. The van der Waals surface area contributed by atoms with Crippen molar-refractivity contribution in [3.63, 3.8) is 0 Å². The molecule has 0 saturated carbocycles. The summed E-state index contributed by atoms with van der Waals surface area (Å²) in [6.07, 6.45) is 3.51. The fourth-order valence-electron chi connectivity index (χ4n) is 3.61. The molecule has 30 heavy (non-hydrogen) atoms. The second-order valence-corrected chi connectivity index (χ2v) is 7.90. The quantitative estimate of drug-likeness (QED) is 0.594. The molecule has 8 heteroatoms. The highest BCUT2D eigenvalue weighted by Gasteiger charge is 2.26. The van der Waals surface area contributed by atoms with Gasteiger partial charge >= 0.3 is 0 Å². The minimum atomic E-state index is -0.325. The maximum absolute atomic E-state index is 13.3. The average molecular weight is 429 g/mol. The van der Waals surface area contributed by atoms with Crippen molar-refractivity contribution in [2.75, 3.05) is 19.7 Å². The molecule has 0 bridgehead atoms. The lowest BCUT2D eigenvalue weighted by atomic mass is 9.98. The molecule has 1 saturated heterocycles. The molecule has 2 aromatic carbocycles. The SMILES string of the molecule is O=C(c1cn(Cc2cccc(Cl)c2)nn1)N1CCC[C@H](COc2cccc(F)c2)C1. The molecule has 1 amide bonds. The van der Waals surface area contributed by atoms with Gasteiger partial charge in [-0.15, -0.1) is 5.10 Å². The summed E-state index contributed by atoms with van der Waals surface area (Å²) in [6, 6.07) is 13.6. The number of halogens is 2. The Morgan fingerprint density at radius 3 is 2.93 bits per heavy atom. The monoisotopic (exact) mass is 428 g/mol. The lowest BCUT2D eigenvalue weighted by Gasteiger charge is -2.32. The number of ether oxygens (including phenoxy) is 1. The van der Waals surface area contributed by atoms with Gasteiger partial charge in [-0.3, -0.25) is 4.79 Å². The highest BCUT2D eigenvalue weighted by molar-refractivity contribution is 6.30. The van der Waals surface area contributed by atoms with Crippen LogP contribution in [0.5, 0.6) is 5.75 Å². The summed E-state index contributed by atoms with van der Waals surface area (Å²) in [6.45, 7) is 2.19. The summed E-state index contributed by atoms with van der Waals surface area (Å²) in [5.74, 6) is 0.228. The van der Waals surface area contributed by atoms with Gasteiger partial charge in [-0.25, -0.2) is 9.07 Å². The van der Waals surface area contributed by atoms with Crippen molar-refractivity contribution in [3.05, 3.63) is 76.8 Å². The van der Waals surface area contributed by atoms with Crippen molar-refractivity contribution < 1.29 is 13.9 Å². The van der Waals surface area contributed by atoms with Gasteiger partial charge in [0.2, 0.25) is 0 Å². The molecule has 1 aromatic heterocycles. The number of hydrogen-bond acceptors (Lipinski definition) is 4. The Kier molecular flexibility index (Phi) is 6.28. The number of nitrogens with zero attached hydrogens (tertiary/aromatic N) is 4. The minimum absolute atomic E-state index is 0.136. The third kappa shape index (κ3) is 5.16. The van der Waals surface area contributed by atoms with Crippen LogP contribution in [0.25, 0.3) is 0 Å². The van der Waals surface area contributed by atoms with Crippen LogP contribution in [0, 0.1) is 11.7 Å². The molecule has 1 aliphatic heterocycles. The predicted molar refractivity (Wildman–Crippen MR) is 111 cm³/mol. The van der Waals surface area contributed by atoms with E-state index in [2.05, 4.69) is 10.3 Å². The van der Waals surface area contributed by atoms with Gasteiger partial charge in [-0.1, -0.05) is 35.0 Å². The van der Waals surface area contributed by atoms with Gasteiger partial charge in [-0.05, 0) is 42.7 Å². The molecule has 2 heterocycles. The second kappa shape index (κ2) is 9.26. The fraction of sp³-hybridized carbons (Fsp3) is 0.318. The Morgan fingerprint density at radius 2 is 2.10 bits per heavy atom. The van der Waals surface area contributed by atoms with E-state index < -0.39 is 0 Å². The van der Waals surface area contributed by atoms with Gasteiger partial charge in [0.05, 0.1) is 19.3 Å². The first kappa shape index (κ1) is 20.3. The maximum Gasteiger partial charge on any atom is 0.276 e. The van der Waals surface area contributed by atoms with Crippen molar-refractivity contribution in [1.29, 1.82) is 0 Å². The molecule has 1 atom stereocenters. The molecule has 1 fully saturated rings. The van der Waals surface area contributed by atoms with Crippen LogP contribution >= 0.6 is 11.6 Å². The summed E-state index contributed by atoms with van der Waals surface area (Å²) in [7, 11) is 0. The predicted octanol–water partition coefficient (Wildman–Crippen LogP) is 4.05. The molecular formula is C22H22ClFN4O2. The molecular weight excluding hydrogens is 407 g/mol. The number of rotatable bonds is 6. The third-order valence-electron chi connectivity index (χ3n) is 5.08. The molecule has 0 aliphatic carbocycles. The van der Waals surface area contributed by atoms with Crippen LogP contribution in [0.2, 0.25) is 5.02 Å². The smallest absolute Gasteiger partial charge is 0.276 e. The van der Waals surface area contributed by atoms with Crippen LogP contribution in [-0.2, 0) is 6.54 Å². The van der Waals surface area contributed by atoms with E-state index in [0.29, 0.717) is 42.7 Å². The standard InChI is InChI=1S/C22H22ClFN4O2/c23-18-6-1-4-16(10-18)13-28-14-21(25-26-28)22(29)27-9-3-5-17(12-27)15-30-20-8-2-7-19(24)11-20/h1-2,4,6-8,10-11,14,17H,3,5,9,12-13,15H2/t17-/m0/s1. The Bertz CT molecular complexity index is 1030. The highest BCUT2D eigenvalue weighted by Crippen LogP contribution is 2.21. The number of likely N-dealkylation sites (tertiary alicyclic amines) is 1. The maximum atomic E-state index is 13.3. The number of amides is 1. The van der Waals surface area contributed by atoms with Crippen LogP contribution in [0.3, 0.4) is 0 Å². The number of carbonyl (C=O) groups is 1. The first-order valence-electron chi connectivity index (χ1n) is 9.89. The number of carbonyl (C=O) groups excluding carboxylic acids is 1. The normalized spacial score (nSPS) is 16.5. The van der Waals surface area contributed by atoms with Crippen molar-refractivity contribution in [2.45, 2.75) is 19.4 Å². The topological polar surface area (TPSA) is 60.2 Å². The molecule has 1 aliphatic rings. The van der Waals surface area contributed by atoms with E-state index in [1.165, 1.54) is 12.1 Å². The zero-order chi connectivity index (χ0) is 20.9. The Morgan fingerprint density at radius 1 is 1.23 bits per heavy atom. The Balaban J connectivity index is 1.34. The van der Waals surface area contributed by atoms with E-state index in [4.69, 9.17) is 16.3 Å². The number of piperidine rings is 1. The van der Waals surface area contributed by atoms with Gasteiger partial charge in [0.25, 0.3) is 5.91 Å². The van der Waals surface area contributed by atoms with Crippen LogP contribution < -0.4 is 4.74 Å². The summed E-state index contributed by atoms with van der Waals surface area (Å²) in [5, 5.41) is 8.79. The zero-order valence-corrected chi connectivity index (χ0v) is 17.1. The Hall–Kier alpha value is -2.93. The van der Waals surface area contributed by atoms with E-state index in [1.807, 2.05) is 24.3 Å². The lowest BCUT2D eigenvalue weighted by Crippen LogP contribution is -2.41. The average Bonchev–Trinajstić information content (AvgIpc) is 3.20. The third-order valence-corrected chi connectivity index (χ3v) is 5.31. The van der Waals surface area contributed by atoms with E-state index in [0.717, 1.165) is 18.4 Å². The van der Waals surface area contributed by atoms with Gasteiger partial charge in [0.15, 0.2) is 5.69 Å². The lowest BCUT2D eigenvalue weighted by molar-refractivity contribution is 0.0627. The number of benzene rings is 2. The van der Waals surface area contributed by atoms with Crippen molar-refractivity contribution >= 4 is 17.5 Å². The fourth-order valence-corrected chi connectivity index (χ4v) is 3.83. The van der Waals surface area contributed by atoms with Crippen LogP contribution in [0.1, 0.15) is 28.9 Å². The van der Waals surface area contributed by atoms with Gasteiger partial charge in [-0.2, -0.15) is 0 Å². The van der Waals surface area contributed by atoms with Gasteiger partial charge in [0, 0.05) is 30.1 Å². The van der Waals surface area contributed by atoms with Crippen molar-refractivity contribution in [2.24, 2.45) is 5.92 Å². The largest absolute Gasteiger partial charge is 0.493 e. The first-order chi connectivity index (χ1) is 14.6. The molecule has 3 aromatic rings. The number of aromatic nitrogens is 3. The van der Waals surface area contributed by atoms with Gasteiger partial charge < -0.3 is 9.64 Å². The van der Waals surface area contributed by atoms with E-state index in [9.17, 15) is 9.18 Å². The van der Waals surface area contributed by atoms with E-state index >= 15 is 0 Å². The molecule has 0 spiro atoms. The summed E-state index contributed by atoms with van der Waals surface area (Å²) in [5.41, 5.74) is 1.31. The summed E-state index contributed by atoms with van der Waals surface area (Å²) < 4.78 is 20.6. The highest BCUT2D eigenvalue weighted by atomic mass is 35.5. The molecule has 0 N–H and O–H groups in total. The zero-order valence-electron chi connectivity index (χ0n) is 16.4. The van der Waals surface area contributed by atoms with Crippen molar-refractivity contribution in [1.82, 2.24) is 19.9 Å². The van der Waals surface area contributed by atoms with Crippen LogP contribution in [-0.4, -0.2) is 45.5 Å². The van der Waals surface area contributed by atoms with E-state index in [-0.39, 0.29) is 17.6 Å². The van der Waals surface area contributed by atoms with Crippen LogP contribution in [0.4, 0.5) is 4.39 Å². The molecule has 4 rings (SSSR count). The Labute approximate surface area is 179 Å². The molecule has 0 unspecified atom stereocenters. The minimum Gasteiger partial charge on any atom is -0.493 e. The van der Waals surface area contributed by atoms with Crippen LogP contribution in [0.15, 0.2) is 54.7 Å². The summed E-state index contributed by atoms with van der Waals surface area (Å²) >= 11 is 6.02. The van der Waals surface area contributed by atoms with Gasteiger partial charge in [0.1, 0.15) is 11.6 Å². The number of hydrogen-bond donors (Lipinski definition) is 0. The second-order valence-electron chi connectivity index (χ2n) is 7.46. The van der Waals surface area contributed by atoms with E-state index in [1.54, 1.807) is 27.9 Å². The molecule has 156 valence electrons. The first-order valence-corrected chi connectivity index (χ1v) is 10.3. The summed E-state index contributed by atoms with van der Waals surface area (Å²) in [4.78, 5) is 14.7. The van der Waals surface area contributed by atoms with Crippen molar-refractivity contribution in [3.8, 4) is 5.75 Å².